The first-order valence-electron chi connectivity index (χ1n) is 9.60. The second-order valence-electron chi connectivity index (χ2n) is 7.12. The highest BCUT2D eigenvalue weighted by atomic mass is 32.1. The Bertz CT molecular complexity index is 1100. The van der Waals surface area contributed by atoms with Crippen LogP contribution in [0.5, 0.6) is 11.5 Å². The molecule has 0 aliphatic carbocycles. The zero-order valence-corrected chi connectivity index (χ0v) is 17.7. The van der Waals surface area contributed by atoms with Gasteiger partial charge in [0.05, 0.1) is 31.4 Å². The summed E-state index contributed by atoms with van der Waals surface area (Å²) in [5.41, 5.74) is 0.525. The molecular weight excluding hydrogens is 427 g/mol. The second kappa shape index (κ2) is 8.26. The number of carbonyl (C=O) groups excluding carboxylic acids is 1. The molecule has 1 amide bonds. The van der Waals surface area contributed by atoms with Crippen molar-refractivity contribution in [2.24, 2.45) is 0 Å². The van der Waals surface area contributed by atoms with Crippen LogP contribution in [-0.4, -0.2) is 31.6 Å². The predicted octanol–water partition coefficient (Wildman–Crippen LogP) is 5.57. The Morgan fingerprint density at radius 3 is 2.42 bits per heavy atom. The average Bonchev–Trinajstić information content (AvgIpc) is 3.30. The van der Waals surface area contributed by atoms with Gasteiger partial charge in [0.15, 0.2) is 11.5 Å². The lowest BCUT2D eigenvalue weighted by Gasteiger charge is -2.38. The first-order chi connectivity index (χ1) is 14.8. The predicted molar refractivity (Wildman–Crippen MR) is 112 cm³/mol. The molecule has 2 aromatic carbocycles. The smallest absolute Gasteiger partial charge is 0.417 e. The van der Waals surface area contributed by atoms with Crippen LogP contribution in [0.4, 0.5) is 13.2 Å². The van der Waals surface area contributed by atoms with Gasteiger partial charge in [-0.2, -0.15) is 13.2 Å². The monoisotopic (exact) mass is 447 g/mol. The van der Waals surface area contributed by atoms with Crippen molar-refractivity contribution in [3.8, 4) is 11.5 Å². The summed E-state index contributed by atoms with van der Waals surface area (Å²) in [5, 5.41) is 1.89. The van der Waals surface area contributed by atoms with Gasteiger partial charge in [-0.1, -0.05) is 18.2 Å². The molecule has 0 N–H and O–H groups in total. The molecule has 1 aliphatic rings. The number of rotatable bonds is 4. The quantitative estimate of drug-likeness (QED) is 0.525. The van der Waals surface area contributed by atoms with Crippen LogP contribution >= 0.6 is 11.3 Å². The maximum Gasteiger partial charge on any atom is 0.417 e. The summed E-state index contributed by atoms with van der Waals surface area (Å²) in [4.78, 5) is 15.8. The third kappa shape index (κ3) is 3.87. The number of amides is 1. The minimum Gasteiger partial charge on any atom is -0.493 e. The standard InChI is InChI=1S/C23H20F3NO3S/c1-29-18-12-14-9-10-27(22(28)15-6-3-4-7-17(15)23(24,25)26)21(20-8-5-11-31-20)16(14)13-19(18)30-2/h3-8,11-13,21H,9-10H2,1-2H3. The van der Waals surface area contributed by atoms with Gasteiger partial charge in [0.1, 0.15) is 0 Å². The molecule has 1 unspecified atom stereocenters. The molecule has 1 aliphatic heterocycles. The van der Waals surface area contributed by atoms with E-state index < -0.39 is 23.7 Å². The second-order valence-corrected chi connectivity index (χ2v) is 8.10. The number of nitrogens with zero attached hydrogens (tertiary/aromatic N) is 1. The molecule has 4 rings (SSSR count). The first-order valence-corrected chi connectivity index (χ1v) is 10.5. The summed E-state index contributed by atoms with van der Waals surface area (Å²) >= 11 is 1.45. The van der Waals surface area contributed by atoms with Gasteiger partial charge in [-0.25, -0.2) is 0 Å². The van der Waals surface area contributed by atoms with Crippen LogP contribution in [0.2, 0.25) is 0 Å². The van der Waals surface area contributed by atoms with Crippen LogP contribution in [-0.2, 0) is 12.6 Å². The Morgan fingerprint density at radius 1 is 1.06 bits per heavy atom. The molecule has 8 heteroatoms. The van der Waals surface area contributed by atoms with E-state index in [0.29, 0.717) is 17.9 Å². The van der Waals surface area contributed by atoms with Gasteiger partial charge in [0.25, 0.3) is 5.91 Å². The van der Waals surface area contributed by atoms with Crippen LogP contribution < -0.4 is 9.47 Å². The molecule has 162 valence electrons. The lowest BCUT2D eigenvalue weighted by molar-refractivity contribution is -0.138. The van der Waals surface area contributed by atoms with Crippen molar-refractivity contribution in [3.63, 3.8) is 0 Å². The van der Waals surface area contributed by atoms with Crippen molar-refractivity contribution < 1.29 is 27.4 Å². The SMILES string of the molecule is COc1cc2c(cc1OC)C(c1cccs1)N(C(=O)c1ccccc1C(F)(F)F)CC2. The van der Waals surface area contributed by atoms with Crippen molar-refractivity contribution >= 4 is 17.2 Å². The van der Waals surface area contributed by atoms with Crippen LogP contribution in [0.15, 0.2) is 53.9 Å². The maximum absolute atomic E-state index is 13.6. The highest BCUT2D eigenvalue weighted by Gasteiger charge is 2.39. The van der Waals surface area contributed by atoms with Gasteiger partial charge in [0, 0.05) is 11.4 Å². The normalized spacial score (nSPS) is 16.0. The van der Waals surface area contributed by atoms with Crippen molar-refractivity contribution in [3.05, 3.63) is 81.0 Å². The minimum absolute atomic E-state index is 0.288. The van der Waals surface area contributed by atoms with E-state index in [4.69, 9.17) is 9.47 Å². The molecule has 1 atom stereocenters. The van der Waals surface area contributed by atoms with Gasteiger partial charge in [0.2, 0.25) is 0 Å². The fourth-order valence-electron chi connectivity index (χ4n) is 3.99. The topological polar surface area (TPSA) is 38.8 Å². The van der Waals surface area contributed by atoms with E-state index in [1.165, 1.54) is 41.5 Å². The number of hydrogen-bond acceptors (Lipinski definition) is 4. The molecule has 4 nitrogen and oxygen atoms in total. The van der Waals surface area contributed by atoms with E-state index in [2.05, 4.69) is 0 Å². The molecule has 2 heterocycles. The Kier molecular flexibility index (Phi) is 5.66. The largest absolute Gasteiger partial charge is 0.493 e. The van der Waals surface area contributed by atoms with E-state index >= 15 is 0 Å². The van der Waals surface area contributed by atoms with Crippen molar-refractivity contribution in [1.29, 1.82) is 0 Å². The van der Waals surface area contributed by atoms with Crippen LogP contribution in [0, 0.1) is 0 Å². The summed E-state index contributed by atoms with van der Waals surface area (Å²) in [6.07, 6.45) is -4.12. The molecule has 0 fully saturated rings. The third-order valence-corrected chi connectivity index (χ3v) is 6.33. The number of thiophene rings is 1. The Morgan fingerprint density at radius 2 is 1.77 bits per heavy atom. The highest BCUT2D eigenvalue weighted by molar-refractivity contribution is 7.10. The minimum atomic E-state index is -4.62. The Labute approximate surface area is 181 Å². The van der Waals surface area contributed by atoms with Crippen LogP contribution in [0.3, 0.4) is 0 Å². The van der Waals surface area contributed by atoms with Gasteiger partial charge < -0.3 is 14.4 Å². The first kappa shape index (κ1) is 21.2. The number of halogens is 3. The molecule has 0 saturated heterocycles. The van der Waals surface area contributed by atoms with Crippen molar-refractivity contribution in [2.45, 2.75) is 18.6 Å². The third-order valence-electron chi connectivity index (χ3n) is 5.41. The van der Waals surface area contributed by atoms with Gasteiger partial charge in [-0.3, -0.25) is 4.79 Å². The van der Waals surface area contributed by atoms with Crippen molar-refractivity contribution in [1.82, 2.24) is 4.90 Å². The van der Waals surface area contributed by atoms with E-state index in [1.807, 2.05) is 29.6 Å². The van der Waals surface area contributed by atoms with Gasteiger partial charge in [-0.15, -0.1) is 11.3 Å². The Hall–Kier alpha value is -3.00. The molecule has 0 radical (unpaired) electrons. The van der Waals surface area contributed by atoms with Gasteiger partial charge >= 0.3 is 6.18 Å². The van der Waals surface area contributed by atoms with E-state index in [0.717, 1.165) is 22.1 Å². The zero-order valence-electron chi connectivity index (χ0n) is 16.9. The number of benzene rings is 2. The number of hydrogen-bond donors (Lipinski definition) is 0. The molecule has 1 aromatic heterocycles. The lowest BCUT2D eigenvalue weighted by atomic mass is 9.90. The molecule has 31 heavy (non-hydrogen) atoms. The summed E-state index contributed by atoms with van der Waals surface area (Å²) in [6.45, 7) is 0.288. The number of alkyl halides is 3. The number of carbonyl (C=O) groups is 1. The fourth-order valence-corrected chi connectivity index (χ4v) is 4.84. The number of fused-ring (bicyclic) bond motifs is 1. The summed E-state index contributed by atoms with van der Waals surface area (Å²) in [7, 11) is 3.07. The summed E-state index contributed by atoms with van der Waals surface area (Å²) in [6, 6.07) is 11.8. The average molecular weight is 447 g/mol. The maximum atomic E-state index is 13.6. The fraction of sp³-hybridized carbons (Fsp3) is 0.261. The number of methoxy groups -OCH3 is 2. The molecule has 3 aromatic rings. The van der Waals surface area contributed by atoms with Crippen molar-refractivity contribution in [2.75, 3.05) is 20.8 Å². The molecule has 0 saturated carbocycles. The summed E-state index contributed by atoms with van der Waals surface area (Å²) < 4.78 is 51.5. The lowest BCUT2D eigenvalue weighted by Crippen LogP contribution is -2.41. The highest BCUT2D eigenvalue weighted by Crippen LogP contribution is 2.43. The van der Waals surface area contributed by atoms with Crippen LogP contribution in [0.25, 0.3) is 0 Å². The van der Waals surface area contributed by atoms with E-state index in [9.17, 15) is 18.0 Å². The van der Waals surface area contributed by atoms with E-state index in [1.54, 1.807) is 7.11 Å². The van der Waals surface area contributed by atoms with E-state index in [-0.39, 0.29) is 12.1 Å². The summed E-state index contributed by atoms with van der Waals surface area (Å²) in [5.74, 6) is 0.438. The molecule has 0 bridgehead atoms. The van der Waals surface area contributed by atoms with Crippen LogP contribution in [0.1, 0.15) is 38.0 Å². The molecular formula is C23H20F3NO3S. The van der Waals surface area contributed by atoms with Gasteiger partial charge in [-0.05, 0) is 53.3 Å². The zero-order chi connectivity index (χ0) is 22.2. The number of ether oxygens (including phenoxy) is 2. The molecule has 0 spiro atoms. The Balaban J connectivity index is 1.84.